The van der Waals surface area contributed by atoms with Crippen molar-refractivity contribution in [2.24, 2.45) is 5.41 Å². The zero-order valence-electron chi connectivity index (χ0n) is 17.7. The number of hydrogen-bond donors (Lipinski definition) is 0. The Hall–Kier alpha value is -1.25. The molecule has 1 aromatic heterocycles. The number of nitrogens with zero attached hydrogens (tertiary/aromatic N) is 3. The highest BCUT2D eigenvalue weighted by molar-refractivity contribution is 6.62. The second-order valence-corrected chi connectivity index (χ2v) is 10.1. The molecule has 1 spiro atoms. The van der Waals surface area contributed by atoms with Gasteiger partial charge in [-0.15, -0.1) is 0 Å². The van der Waals surface area contributed by atoms with Crippen LogP contribution in [0.3, 0.4) is 0 Å². The Balaban J connectivity index is 1.54. The molecule has 0 radical (unpaired) electrons. The minimum atomic E-state index is -2.48. The molecule has 0 amide bonds. The topological polar surface area (TPSA) is 37.8 Å². The third-order valence-corrected chi connectivity index (χ3v) is 6.60. The first kappa shape index (κ1) is 20.0. The quantitative estimate of drug-likeness (QED) is 0.736. The molecule has 2 aliphatic heterocycles. The minimum absolute atomic E-state index is 0.00547. The van der Waals surface area contributed by atoms with Gasteiger partial charge in [0.2, 0.25) is 5.92 Å². The number of aromatic nitrogens is 1. The summed E-state index contributed by atoms with van der Waals surface area (Å²) in [4.78, 5) is 8.92. The van der Waals surface area contributed by atoms with Crippen molar-refractivity contribution in [1.29, 1.82) is 0 Å². The highest BCUT2D eigenvalue weighted by Crippen LogP contribution is 2.57. The van der Waals surface area contributed by atoms with Gasteiger partial charge < -0.3 is 19.1 Å². The Labute approximate surface area is 166 Å². The van der Waals surface area contributed by atoms with Gasteiger partial charge in [-0.1, -0.05) is 6.07 Å². The van der Waals surface area contributed by atoms with E-state index in [1.807, 2.05) is 41.8 Å². The molecule has 4 rings (SSSR count). The van der Waals surface area contributed by atoms with Gasteiger partial charge in [0.15, 0.2) is 0 Å². The summed E-state index contributed by atoms with van der Waals surface area (Å²) >= 11 is 0. The number of halogens is 2. The SMILES string of the molecule is CN(C)Cc1cc(B2OC(C)(C)C(C)(C)O2)cnc1N1CC2(C1)CC(F)(F)C2. The van der Waals surface area contributed by atoms with Gasteiger partial charge in [-0.2, -0.15) is 0 Å². The van der Waals surface area contributed by atoms with E-state index in [1.165, 1.54) is 0 Å². The molecule has 2 saturated heterocycles. The molecular weight excluding hydrogens is 363 g/mol. The largest absolute Gasteiger partial charge is 0.496 e. The molecule has 0 N–H and O–H groups in total. The Morgan fingerprint density at radius 1 is 1.11 bits per heavy atom. The van der Waals surface area contributed by atoms with Crippen molar-refractivity contribution in [3.05, 3.63) is 17.8 Å². The lowest BCUT2D eigenvalue weighted by Gasteiger charge is -2.59. The lowest BCUT2D eigenvalue weighted by atomic mass is 9.61. The average molecular weight is 393 g/mol. The van der Waals surface area contributed by atoms with Crippen molar-refractivity contribution in [1.82, 2.24) is 9.88 Å². The summed E-state index contributed by atoms with van der Waals surface area (Å²) in [6, 6.07) is 2.09. The fourth-order valence-electron chi connectivity index (χ4n) is 4.55. The molecule has 28 heavy (non-hydrogen) atoms. The summed E-state index contributed by atoms with van der Waals surface area (Å²) in [5.41, 5.74) is 0.933. The van der Waals surface area contributed by atoms with Crippen molar-refractivity contribution in [3.8, 4) is 0 Å². The number of hydrogen-bond acceptors (Lipinski definition) is 5. The van der Waals surface area contributed by atoms with Gasteiger partial charge in [0.25, 0.3) is 0 Å². The fraction of sp³-hybridized carbons (Fsp3) is 0.750. The van der Waals surface area contributed by atoms with Crippen LogP contribution in [0.1, 0.15) is 46.1 Å². The number of anilines is 1. The molecule has 1 aromatic rings. The summed E-state index contributed by atoms with van der Waals surface area (Å²) in [5, 5.41) is 0. The van der Waals surface area contributed by atoms with Gasteiger partial charge in [0, 0.05) is 55.1 Å². The maximum absolute atomic E-state index is 13.3. The van der Waals surface area contributed by atoms with Gasteiger partial charge in [-0.3, -0.25) is 0 Å². The van der Waals surface area contributed by atoms with Crippen LogP contribution in [0, 0.1) is 5.41 Å². The summed E-state index contributed by atoms with van der Waals surface area (Å²) in [5.74, 6) is -1.60. The second kappa shape index (κ2) is 6.13. The first-order valence-electron chi connectivity index (χ1n) is 9.94. The Morgan fingerprint density at radius 3 is 2.18 bits per heavy atom. The standard InChI is InChI=1S/C20H30BF2N3O2/c1-17(2)18(3,4)28-21(27-17)15-7-14(9-25(5)6)16(24-8-15)26-12-19(13-26)10-20(22,23)11-19/h7-8H,9-13H2,1-6H3. The predicted molar refractivity (Wildman–Crippen MR) is 106 cm³/mol. The van der Waals surface area contributed by atoms with E-state index in [9.17, 15) is 8.78 Å². The van der Waals surface area contributed by atoms with Crippen molar-refractivity contribution in [2.45, 2.75) is 64.2 Å². The number of rotatable bonds is 4. The van der Waals surface area contributed by atoms with E-state index < -0.39 is 24.2 Å². The Morgan fingerprint density at radius 2 is 1.68 bits per heavy atom. The number of alkyl halides is 2. The minimum Gasteiger partial charge on any atom is -0.399 e. The fourth-order valence-corrected chi connectivity index (χ4v) is 4.55. The summed E-state index contributed by atoms with van der Waals surface area (Å²) in [6.07, 6.45) is 1.81. The van der Waals surface area contributed by atoms with Crippen LogP contribution in [0.5, 0.6) is 0 Å². The molecule has 154 valence electrons. The lowest BCUT2D eigenvalue weighted by molar-refractivity contribution is -0.170. The summed E-state index contributed by atoms with van der Waals surface area (Å²) in [6.45, 7) is 10.2. The maximum Gasteiger partial charge on any atom is 0.496 e. The van der Waals surface area contributed by atoms with E-state index in [4.69, 9.17) is 14.3 Å². The van der Waals surface area contributed by atoms with Crippen LogP contribution < -0.4 is 10.4 Å². The first-order chi connectivity index (χ1) is 12.8. The molecule has 0 atom stereocenters. The van der Waals surface area contributed by atoms with Gasteiger partial charge >= 0.3 is 7.12 Å². The lowest BCUT2D eigenvalue weighted by Crippen LogP contribution is -2.66. The van der Waals surface area contributed by atoms with Crippen molar-refractivity contribution < 1.29 is 18.1 Å². The summed E-state index contributed by atoms with van der Waals surface area (Å²) in [7, 11) is 3.56. The van der Waals surface area contributed by atoms with Crippen LogP contribution in [0.4, 0.5) is 14.6 Å². The van der Waals surface area contributed by atoms with Gasteiger partial charge in [-0.05, 0) is 41.8 Å². The zero-order chi connectivity index (χ0) is 20.5. The molecule has 1 saturated carbocycles. The first-order valence-corrected chi connectivity index (χ1v) is 9.94. The van der Waals surface area contributed by atoms with Crippen LogP contribution >= 0.6 is 0 Å². The summed E-state index contributed by atoms with van der Waals surface area (Å²) < 4.78 is 39.0. The molecule has 1 aliphatic carbocycles. The molecule has 0 aromatic carbocycles. The van der Waals surface area contributed by atoms with Crippen LogP contribution in [-0.4, -0.2) is 61.3 Å². The molecule has 5 nitrogen and oxygen atoms in total. The van der Waals surface area contributed by atoms with Crippen molar-refractivity contribution >= 4 is 18.4 Å². The van der Waals surface area contributed by atoms with E-state index in [0.29, 0.717) is 13.1 Å². The van der Waals surface area contributed by atoms with Gasteiger partial charge in [0.1, 0.15) is 5.82 Å². The highest BCUT2D eigenvalue weighted by Gasteiger charge is 2.62. The second-order valence-electron chi connectivity index (χ2n) is 10.1. The molecule has 0 unspecified atom stereocenters. The van der Waals surface area contributed by atoms with Crippen molar-refractivity contribution in [2.75, 3.05) is 32.1 Å². The normalized spacial score (nSPS) is 26.5. The maximum atomic E-state index is 13.3. The van der Waals surface area contributed by atoms with Gasteiger partial charge in [-0.25, -0.2) is 13.8 Å². The predicted octanol–water partition coefficient (Wildman–Crippen LogP) is 2.68. The van der Waals surface area contributed by atoms with E-state index in [2.05, 4.69) is 15.9 Å². The van der Waals surface area contributed by atoms with Crippen LogP contribution in [0.15, 0.2) is 12.3 Å². The van der Waals surface area contributed by atoms with Crippen molar-refractivity contribution in [3.63, 3.8) is 0 Å². The molecule has 0 bridgehead atoms. The van der Waals surface area contributed by atoms with Crippen LogP contribution in [-0.2, 0) is 15.9 Å². The van der Waals surface area contributed by atoms with E-state index in [-0.39, 0.29) is 18.3 Å². The molecule has 8 heteroatoms. The Kier molecular flexibility index (Phi) is 4.39. The van der Waals surface area contributed by atoms with E-state index >= 15 is 0 Å². The smallest absolute Gasteiger partial charge is 0.399 e. The third kappa shape index (κ3) is 3.33. The van der Waals surface area contributed by atoms with Gasteiger partial charge in [0.05, 0.1) is 11.2 Å². The molecule has 3 aliphatic rings. The number of pyridine rings is 1. The van der Waals surface area contributed by atoms with E-state index in [1.54, 1.807) is 6.20 Å². The zero-order valence-corrected chi connectivity index (χ0v) is 17.7. The third-order valence-electron chi connectivity index (χ3n) is 6.60. The molecule has 3 heterocycles. The average Bonchev–Trinajstić information content (AvgIpc) is 2.70. The Bertz CT molecular complexity index is 753. The van der Waals surface area contributed by atoms with E-state index in [0.717, 1.165) is 23.4 Å². The highest BCUT2D eigenvalue weighted by atomic mass is 19.3. The molecular formula is C20H30BF2N3O2. The molecule has 3 fully saturated rings. The monoisotopic (exact) mass is 393 g/mol. The van der Waals surface area contributed by atoms with Crippen LogP contribution in [0.25, 0.3) is 0 Å². The van der Waals surface area contributed by atoms with Crippen LogP contribution in [0.2, 0.25) is 0 Å².